The van der Waals surface area contributed by atoms with E-state index in [1.807, 2.05) is 13.1 Å². The predicted octanol–water partition coefficient (Wildman–Crippen LogP) is 3.95. The van der Waals surface area contributed by atoms with E-state index in [9.17, 15) is 9.59 Å². The van der Waals surface area contributed by atoms with Crippen molar-refractivity contribution >= 4 is 46.0 Å². The van der Waals surface area contributed by atoms with Crippen LogP contribution in [0.25, 0.3) is 10.9 Å². The lowest BCUT2D eigenvalue weighted by atomic mass is 9.85. The van der Waals surface area contributed by atoms with E-state index in [-0.39, 0.29) is 23.8 Å². The molecule has 0 bridgehead atoms. The average molecular weight is 383 g/mol. The summed E-state index contributed by atoms with van der Waals surface area (Å²) in [4.78, 5) is 24.5. The number of nitrogens with one attached hydrogen (secondary N) is 1. The smallest absolute Gasteiger partial charge is 0.308 e. The van der Waals surface area contributed by atoms with E-state index in [2.05, 4.69) is 5.32 Å². The van der Waals surface area contributed by atoms with Gasteiger partial charge in [0.15, 0.2) is 0 Å². The Labute approximate surface area is 156 Å². The molecule has 2 unspecified atom stereocenters. The van der Waals surface area contributed by atoms with E-state index in [1.54, 1.807) is 16.7 Å². The number of carbonyl (C=O) groups is 2. The first-order valence-electron chi connectivity index (χ1n) is 8.24. The highest BCUT2D eigenvalue weighted by molar-refractivity contribution is 6.45. The van der Waals surface area contributed by atoms with Crippen LogP contribution in [0.2, 0.25) is 10.0 Å². The van der Waals surface area contributed by atoms with Crippen molar-refractivity contribution < 1.29 is 14.3 Å². The Morgan fingerprint density at radius 1 is 1.28 bits per heavy atom. The summed E-state index contributed by atoms with van der Waals surface area (Å²) >= 11 is 12.3. The van der Waals surface area contributed by atoms with E-state index < -0.39 is 0 Å². The van der Waals surface area contributed by atoms with Crippen molar-refractivity contribution in [2.75, 3.05) is 7.11 Å². The molecule has 5 nitrogen and oxygen atoms in total. The highest BCUT2D eigenvalue weighted by Gasteiger charge is 2.29. The second kappa shape index (κ2) is 7.26. The molecule has 25 heavy (non-hydrogen) atoms. The molecule has 1 fully saturated rings. The minimum Gasteiger partial charge on any atom is -0.469 e. The first kappa shape index (κ1) is 18.1. The monoisotopic (exact) mass is 382 g/mol. The molecule has 0 aliphatic heterocycles. The van der Waals surface area contributed by atoms with Crippen molar-refractivity contribution in [2.45, 2.75) is 31.7 Å². The summed E-state index contributed by atoms with van der Waals surface area (Å²) in [5.74, 6) is -0.531. The topological polar surface area (TPSA) is 60.3 Å². The number of ether oxygens (including phenoxy) is 1. The minimum atomic E-state index is -0.204. The van der Waals surface area contributed by atoms with Gasteiger partial charge in [-0.15, -0.1) is 0 Å². The predicted molar refractivity (Wildman–Crippen MR) is 98.2 cm³/mol. The summed E-state index contributed by atoms with van der Waals surface area (Å²) in [6.07, 6.45) is 3.16. The van der Waals surface area contributed by atoms with E-state index in [0.717, 1.165) is 30.2 Å². The van der Waals surface area contributed by atoms with Crippen LogP contribution >= 0.6 is 23.2 Å². The number of hydrogen-bond donors (Lipinski definition) is 1. The second-order valence-electron chi connectivity index (χ2n) is 6.44. The number of halogens is 2. The van der Waals surface area contributed by atoms with Gasteiger partial charge in [0.1, 0.15) is 5.69 Å². The van der Waals surface area contributed by atoms with Crippen LogP contribution in [-0.4, -0.2) is 29.6 Å². The van der Waals surface area contributed by atoms with E-state index in [0.29, 0.717) is 22.2 Å². The molecule has 1 saturated carbocycles. The van der Waals surface area contributed by atoms with Crippen molar-refractivity contribution in [2.24, 2.45) is 13.0 Å². The number of benzene rings is 1. The molecule has 2 atom stereocenters. The Morgan fingerprint density at radius 2 is 2.04 bits per heavy atom. The molecule has 1 N–H and O–H groups in total. The van der Waals surface area contributed by atoms with Crippen LogP contribution in [-0.2, 0) is 16.6 Å². The summed E-state index contributed by atoms with van der Waals surface area (Å²) in [5.41, 5.74) is 1.36. The van der Waals surface area contributed by atoms with Crippen LogP contribution in [0.1, 0.15) is 36.2 Å². The second-order valence-corrected chi connectivity index (χ2v) is 7.23. The van der Waals surface area contributed by atoms with Gasteiger partial charge in [0.05, 0.1) is 23.1 Å². The summed E-state index contributed by atoms with van der Waals surface area (Å²) in [6.45, 7) is 0. The average Bonchev–Trinajstić information content (AvgIpc) is 2.95. The number of aromatic nitrogens is 1. The largest absolute Gasteiger partial charge is 0.469 e. The molecule has 1 amide bonds. The lowest BCUT2D eigenvalue weighted by Gasteiger charge is -2.28. The maximum atomic E-state index is 12.7. The standard InChI is InChI=1S/C18H20Cl2N2O3/c1-22-14-7-6-13(19)16(20)12(14)9-15(22)17(23)21-11-5-3-4-10(8-11)18(24)25-2/h6-7,9-11H,3-5,8H2,1-2H3,(H,21,23). The van der Waals surface area contributed by atoms with Gasteiger partial charge >= 0.3 is 5.97 Å². The van der Waals surface area contributed by atoms with Gasteiger partial charge < -0.3 is 14.6 Å². The first-order chi connectivity index (χ1) is 11.9. The van der Waals surface area contributed by atoms with Gasteiger partial charge in [-0.3, -0.25) is 9.59 Å². The van der Waals surface area contributed by atoms with Crippen LogP contribution in [0.3, 0.4) is 0 Å². The number of methoxy groups -OCH3 is 1. The van der Waals surface area contributed by atoms with Gasteiger partial charge in [-0.2, -0.15) is 0 Å². The number of fused-ring (bicyclic) bond motifs is 1. The molecular weight excluding hydrogens is 363 g/mol. The Balaban J connectivity index is 1.79. The Kier molecular flexibility index (Phi) is 5.25. The van der Waals surface area contributed by atoms with Gasteiger partial charge in [-0.05, 0) is 37.5 Å². The third-order valence-electron chi connectivity index (χ3n) is 4.89. The quantitative estimate of drug-likeness (QED) is 0.817. The maximum Gasteiger partial charge on any atom is 0.308 e. The molecule has 0 radical (unpaired) electrons. The van der Waals surface area contributed by atoms with Gasteiger partial charge in [0, 0.05) is 24.0 Å². The fourth-order valence-corrected chi connectivity index (χ4v) is 3.91. The summed E-state index contributed by atoms with van der Waals surface area (Å²) in [7, 11) is 3.22. The zero-order valence-electron chi connectivity index (χ0n) is 14.1. The lowest BCUT2D eigenvalue weighted by Crippen LogP contribution is -2.40. The van der Waals surface area contributed by atoms with E-state index in [4.69, 9.17) is 27.9 Å². The van der Waals surface area contributed by atoms with Crippen LogP contribution in [0.5, 0.6) is 0 Å². The lowest BCUT2D eigenvalue weighted by molar-refractivity contribution is -0.146. The number of carbonyl (C=O) groups excluding carboxylic acids is 2. The zero-order valence-corrected chi connectivity index (χ0v) is 15.7. The van der Waals surface area contributed by atoms with E-state index in [1.165, 1.54) is 7.11 Å². The molecule has 1 aliphatic rings. The highest BCUT2D eigenvalue weighted by atomic mass is 35.5. The molecule has 3 rings (SSSR count). The van der Waals surface area contributed by atoms with Crippen LogP contribution in [0.15, 0.2) is 18.2 Å². The fraction of sp³-hybridized carbons (Fsp3) is 0.444. The van der Waals surface area contributed by atoms with Crippen molar-refractivity contribution in [3.8, 4) is 0 Å². The third kappa shape index (κ3) is 3.48. The van der Waals surface area contributed by atoms with Gasteiger partial charge in [0.25, 0.3) is 5.91 Å². The van der Waals surface area contributed by atoms with Crippen LogP contribution < -0.4 is 5.32 Å². The van der Waals surface area contributed by atoms with Crippen molar-refractivity contribution in [1.82, 2.24) is 9.88 Å². The van der Waals surface area contributed by atoms with E-state index >= 15 is 0 Å². The molecule has 1 aromatic heterocycles. The first-order valence-corrected chi connectivity index (χ1v) is 9.00. The normalized spacial score (nSPS) is 20.5. The van der Waals surface area contributed by atoms with Crippen LogP contribution in [0.4, 0.5) is 0 Å². The molecule has 1 aromatic carbocycles. The van der Waals surface area contributed by atoms with Crippen molar-refractivity contribution in [3.05, 3.63) is 33.9 Å². The van der Waals surface area contributed by atoms with Crippen LogP contribution in [0, 0.1) is 5.92 Å². The summed E-state index contributed by atoms with van der Waals surface area (Å²) < 4.78 is 6.63. The number of esters is 1. The molecule has 7 heteroatoms. The Bertz CT molecular complexity index is 831. The molecular formula is C18H20Cl2N2O3. The number of nitrogens with zero attached hydrogens (tertiary/aromatic N) is 1. The SMILES string of the molecule is COC(=O)C1CCCC(NC(=O)c2cc3c(Cl)c(Cl)ccc3n2C)C1. The molecule has 1 heterocycles. The fourth-order valence-electron chi connectivity index (χ4n) is 3.53. The Hall–Kier alpha value is -1.72. The summed E-state index contributed by atoms with van der Waals surface area (Å²) in [5, 5.41) is 4.68. The zero-order chi connectivity index (χ0) is 18.1. The minimum absolute atomic E-state index is 0.0394. The number of hydrogen-bond acceptors (Lipinski definition) is 3. The van der Waals surface area contributed by atoms with Gasteiger partial charge in [-0.25, -0.2) is 0 Å². The maximum absolute atomic E-state index is 12.7. The molecule has 1 aliphatic carbocycles. The Morgan fingerprint density at radius 3 is 2.76 bits per heavy atom. The number of rotatable bonds is 3. The van der Waals surface area contributed by atoms with Crippen molar-refractivity contribution in [3.63, 3.8) is 0 Å². The molecule has 0 spiro atoms. The molecule has 134 valence electrons. The van der Waals surface area contributed by atoms with Gasteiger partial charge in [-0.1, -0.05) is 29.6 Å². The van der Waals surface area contributed by atoms with Gasteiger partial charge in [0.2, 0.25) is 0 Å². The molecule has 0 saturated heterocycles. The highest BCUT2D eigenvalue weighted by Crippen LogP contribution is 2.33. The number of amides is 1. The van der Waals surface area contributed by atoms with Crippen molar-refractivity contribution in [1.29, 1.82) is 0 Å². The molecule has 2 aromatic rings. The summed E-state index contributed by atoms with van der Waals surface area (Å²) in [6, 6.07) is 5.27. The third-order valence-corrected chi connectivity index (χ3v) is 5.71. The number of aryl methyl sites for hydroxylation is 1.